The highest BCUT2D eigenvalue weighted by molar-refractivity contribution is 5.48. The van der Waals surface area contributed by atoms with Crippen molar-refractivity contribution in [2.75, 3.05) is 10.6 Å². The Morgan fingerprint density at radius 2 is 1.36 bits per heavy atom. The molecule has 6 nitrogen and oxygen atoms in total. The fourth-order valence-electron chi connectivity index (χ4n) is 4.47. The Hall–Kier alpha value is -1.40. The highest BCUT2D eigenvalue weighted by Gasteiger charge is 2.42. The summed E-state index contributed by atoms with van der Waals surface area (Å²) in [4.78, 5) is 8.72. The van der Waals surface area contributed by atoms with Crippen molar-refractivity contribution in [1.29, 1.82) is 0 Å². The number of anilines is 2. The van der Waals surface area contributed by atoms with Crippen LogP contribution in [0.1, 0.15) is 38.5 Å². The number of aromatic nitrogens is 2. The Kier molecular flexibility index (Phi) is 3.01. The van der Waals surface area contributed by atoms with Gasteiger partial charge in [0, 0.05) is 6.07 Å². The molecular weight excluding hydrogens is 280 g/mol. The largest absolute Gasteiger partial charge is 0.373 e. The molecule has 4 aliphatic rings. The summed E-state index contributed by atoms with van der Waals surface area (Å²) in [7, 11) is 0. The average molecular weight is 302 g/mol. The highest BCUT2D eigenvalue weighted by Crippen LogP contribution is 2.37. The van der Waals surface area contributed by atoms with Crippen molar-refractivity contribution in [3.8, 4) is 0 Å². The summed E-state index contributed by atoms with van der Waals surface area (Å²) in [6.07, 6.45) is 10.2. The van der Waals surface area contributed by atoms with E-state index >= 15 is 0 Å². The summed E-state index contributed by atoms with van der Waals surface area (Å²) in [5, 5.41) is 7.05. The van der Waals surface area contributed by atoms with Crippen LogP contribution in [0.15, 0.2) is 12.4 Å². The van der Waals surface area contributed by atoms with Gasteiger partial charge >= 0.3 is 0 Å². The molecular formula is C16H22N4O2. The van der Waals surface area contributed by atoms with Crippen LogP contribution >= 0.6 is 0 Å². The van der Waals surface area contributed by atoms with Crippen LogP contribution in [-0.4, -0.2) is 46.5 Å². The minimum atomic E-state index is 0.357. The minimum absolute atomic E-state index is 0.357. The Labute approximate surface area is 130 Å². The van der Waals surface area contributed by atoms with Crippen LogP contribution in [0.5, 0.6) is 0 Å². The van der Waals surface area contributed by atoms with Gasteiger partial charge < -0.3 is 20.1 Å². The molecule has 118 valence electrons. The standard InChI is InChI=1S/C16H22N4O2/c1-3-13-11(5-9(1)21-13)19-15-7-16(18-8-17-15)20-12-6-10-2-4-14(12)22-10/h7-14H,1-6H2,(H2,17,18,19,20)/t9-,10+,11+,12-,13-,14-/m0/s1. The lowest BCUT2D eigenvalue weighted by atomic mass is 9.95. The first-order valence-electron chi connectivity index (χ1n) is 8.49. The molecule has 5 rings (SSSR count). The Morgan fingerprint density at radius 3 is 1.77 bits per heavy atom. The highest BCUT2D eigenvalue weighted by atomic mass is 16.5. The van der Waals surface area contributed by atoms with E-state index < -0.39 is 0 Å². The van der Waals surface area contributed by atoms with E-state index in [4.69, 9.17) is 9.47 Å². The molecule has 0 spiro atoms. The first-order chi connectivity index (χ1) is 10.8. The molecule has 5 heterocycles. The number of fused-ring (bicyclic) bond motifs is 4. The minimum Gasteiger partial charge on any atom is -0.373 e. The smallest absolute Gasteiger partial charge is 0.131 e. The van der Waals surface area contributed by atoms with Gasteiger partial charge in [-0.05, 0) is 38.5 Å². The maximum Gasteiger partial charge on any atom is 0.131 e. The van der Waals surface area contributed by atoms with E-state index in [0.29, 0.717) is 36.5 Å². The third kappa shape index (κ3) is 2.25. The number of nitrogens with one attached hydrogen (secondary N) is 2. The van der Waals surface area contributed by atoms with Gasteiger partial charge in [-0.15, -0.1) is 0 Å². The van der Waals surface area contributed by atoms with Crippen LogP contribution in [0.2, 0.25) is 0 Å². The topological polar surface area (TPSA) is 68.3 Å². The molecule has 22 heavy (non-hydrogen) atoms. The van der Waals surface area contributed by atoms with E-state index in [-0.39, 0.29) is 0 Å². The third-order valence-electron chi connectivity index (χ3n) is 5.55. The third-order valence-corrected chi connectivity index (χ3v) is 5.55. The van der Waals surface area contributed by atoms with Crippen LogP contribution in [0.4, 0.5) is 11.6 Å². The lowest BCUT2D eigenvalue weighted by Gasteiger charge is -2.22. The zero-order valence-corrected chi connectivity index (χ0v) is 12.6. The summed E-state index contributed by atoms with van der Waals surface area (Å²) in [6.45, 7) is 0. The Bertz CT molecular complexity index is 524. The van der Waals surface area contributed by atoms with Crippen molar-refractivity contribution in [1.82, 2.24) is 9.97 Å². The average Bonchev–Trinajstić information content (AvgIpc) is 3.28. The van der Waals surface area contributed by atoms with Crippen LogP contribution in [0, 0.1) is 0 Å². The van der Waals surface area contributed by atoms with Gasteiger partial charge in [0.2, 0.25) is 0 Å². The van der Waals surface area contributed by atoms with Crippen molar-refractivity contribution in [3.05, 3.63) is 12.4 Å². The van der Waals surface area contributed by atoms with E-state index in [9.17, 15) is 0 Å². The first-order valence-corrected chi connectivity index (χ1v) is 8.49. The molecule has 1 aromatic rings. The SMILES string of the molecule is c1nc(N[C@H]2C[C@H]3CC[C@@H]2O3)cc(N[C@@H]2C[C@@H]3CC[C@@H]2O3)n1. The summed E-state index contributed by atoms with van der Waals surface area (Å²) in [5.74, 6) is 1.78. The van der Waals surface area contributed by atoms with Gasteiger partial charge in [0.15, 0.2) is 0 Å². The van der Waals surface area contributed by atoms with E-state index in [2.05, 4.69) is 20.6 Å². The molecule has 0 radical (unpaired) electrons. The number of hydrogen-bond donors (Lipinski definition) is 2. The van der Waals surface area contributed by atoms with Crippen molar-refractivity contribution < 1.29 is 9.47 Å². The van der Waals surface area contributed by atoms with Gasteiger partial charge in [0.1, 0.15) is 18.0 Å². The van der Waals surface area contributed by atoms with Gasteiger partial charge in [-0.2, -0.15) is 0 Å². The molecule has 0 unspecified atom stereocenters. The van der Waals surface area contributed by atoms with Gasteiger partial charge in [-0.3, -0.25) is 0 Å². The molecule has 6 heteroatoms. The van der Waals surface area contributed by atoms with E-state index in [0.717, 1.165) is 24.5 Å². The van der Waals surface area contributed by atoms with Gasteiger partial charge in [-0.1, -0.05) is 0 Å². The predicted molar refractivity (Wildman–Crippen MR) is 81.9 cm³/mol. The molecule has 2 N–H and O–H groups in total. The van der Waals surface area contributed by atoms with E-state index in [1.807, 2.05) is 6.07 Å². The molecule has 0 amide bonds. The van der Waals surface area contributed by atoms with Gasteiger partial charge in [-0.25, -0.2) is 9.97 Å². The number of ether oxygens (including phenoxy) is 2. The Morgan fingerprint density at radius 1 is 0.818 bits per heavy atom. The van der Waals surface area contributed by atoms with Crippen LogP contribution in [-0.2, 0) is 9.47 Å². The molecule has 4 bridgehead atoms. The second kappa shape index (κ2) is 5.06. The normalized spacial score (nSPS) is 42.0. The summed E-state index contributed by atoms with van der Waals surface area (Å²) in [5.41, 5.74) is 0. The molecule has 0 aromatic carbocycles. The zero-order chi connectivity index (χ0) is 14.5. The van der Waals surface area contributed by atoms with Crippen molar-refractivity contribution >= 4 is 11.6 Å². The number of rotatable bonds is 4. The summed E-state index contributed by atoms with van der Waals surface area (Å²) < 4.78 is 11.8. The molecule has 1 aromatic heterocycles. The van der Waals surface area contributed by atoms with E-state index in [1.54, 1.807) is 6.33 Å². The number of nitrogens with zero attached hydrogens (tertiary/aromatic N) is 2. The van der Waals surface area contributed by atoms with E-state index in [1.165, 1.54) is 25.7 Å². The second-order valence-electron chi connectivity index (χ2n) is 7.01. The second-order valence-corrected chi connectivity index (χ2v) is 7.01. The van der Waals surface area contributed by atoms with Crippen molar-refractivity contribution in [3.63, 3.8) is 0 Å². The van der Waals surface area contributed by atoms with Crippen molar-refractivity contribution in [2.45, 2.75) is 75.0 Å². The van der Waals surface area contributed by atoms with Gasteiger partial charge in [0.05, 0.1) is 36.5 Å². The molecule has 4 aliphatic heterocycles. The first kappa shape index (κ1) is 13.1. The summed E-state index contributed by atoms with van der Waals surface area (Å²) >= 11 is 0. The fourth-order valence-corrected chi connectivity index (χ4v) is 4.47. The quantitative estimate of drug-likeness (QED) is 0.886. The number of hydrogen-bond acceptors (Lipinski definition) is 6. The van der Waals surface area contributed by atoms with Gasteiger partial charge in [0.25, 0.3) is 0 Å². The van der Waals surface area contributed by atoms with Crippen LogP contribution in [0.25, 0.3) is 0 Å². The molecule has 6 atom stereocenters. The summed E-state index contributed by atoms with van der Waals surface area (Å²) in [6, 6.07) is 2.80. The molecule has 0 saturated carbocycles. The maximum absolute atomic E-state index is 5.89. The van der Waals surface area contributed by atoms with Crippen LogP contribution in [0.3, 0.4) is 0 Å². The van der Waals surface area contributed by atoms with Crippen LogP contribution < -0.4 is 10.6 Å². The lowest BCUT2D eigenvalue weighted by Crippen LogP contribution is -2.32. The van der Waals surface area contributed by atoms with Crippen molar-refractivity contribution in [2.24, 2.45) is 0 Å². The Balaban J connectivity index is 1.25. The maximum atomic E-state index is 5.89. The monoisotopic (exact) mass is 302 g/mol. The fraction of sp³-hybridized carbons (Fsp3) is 0.750. The lowest BCUT2D eigenvalue weighted by molar-refractivity contribution is 0.102. The molecule has 4 fully saturated rings. The predicted octanol–water partition coefficient (Wildman–Crippen LogP) is 1.94. The molecule has 0 aliphatic carbocycles. The molecule has 4 saturated heterocycles. The zero-order valence-electron chi connectivity index (χ0n) is 12.6.